The summed E-state index contributed by atoms with van der Waals surface area (Å²) in [5.74, 6) is 1.25. The van der Waals surface area contributed by atoms with Crippen molar-refractivity contribution in [2.45, 2.75) is 54.5 Å². The van der Waals surface area contributed by atoms with Crippen LogP contribution in [-0.2, 0) is 4.79 Å². The molecule has 3 nitrogen and oxygen atoms in total. The molecule has 0 heterocycles. The number of amides is 1. The first-order valence-electron chi connectivity index (χ1n) is 7.10. The maximum absolute atomic E-state index is 11.7. The summed E-state index contributed by atoms with van der Waals surface area (Å²) in [6.07, 6.45) is 0. The van der Waals surface area contributed by atoms with Gasteiger partial charge in [-0.25, -0.2) is 0 Å². The van der Waals surface area contributed by atoms with Crippen molar-refractivity contribution < 1.29 is 4.79 Å². The Morgan fingerprint density at radius 2 is 1.61 bits per heavy atom. The smallest absolute Gasteiger partial charge is 0.234 e. The molecule has 3 heteroatoms. The van der Waals surface area contributed by atoms with Gasteiger partial charge in [-0.05, 0) is 36.1 Å². The van der Waals surface area contributed by atoms with Crippen molar-refractivity contribution in [3.05, 3.63) is 0 Å². The molecule has 0 spiro atoms. The van der Waals surface area contributed by atoms with Gasteiger partial charge >= 0.3 is 0 Å². The zero-order valence-electron chi connectivity index (χ0n) is 13.1. The Kier molecular flexibility index (Phi) is 4.47. The Bertz CT molecular complexity index is 294. The zero-order valence-corrected chi connectivity index (χ0v) is 13.1. The number of hydrogen-bond donors (Lipinski definition) is 2. The predicted octanol–water partition coefficient (Wildman–Crippen LogP) is 2.42. The highest BCUT2D eigenvalue weighted by Crippen LogP contribution is 2.67. The van der Waals surface area contributed by atoms with E-state index in [0.29, 0.717) is 29.2 Å². The lowest BCUT2D eigenvalue weighted by Crippen LogP contribution is -2.41. The van der Waals surface area contributed by atoms with Crippen LogP contribution in [0.4, 0.5) is 0 Å². The number of rotatable bonds is 6. The third-order valence-electron chi connectivity index (χ3n) is 5.34. The topological polar surface area (TPSA) is 41.1 Å². The van der Waals surface area contributed by atoms with Crippen LogP contribution >= 0.6 is 0 Å². The van der Waals surface area contributed by atoms with E-state index in [9.17, 15) is 4.79 Å². The quantitative estimate of drug-likeness (QED) is 0.764. The number of hydrogen-bond acceptors (Lipinski definition) is 2. The van der Waals surface area contributed by atoms with E-state index in [-0.39, 0.29) is 11.9 Å². The van der Waals surface area contributed by atoms with Crippen LogP contribution in [0.5, 0.6) is 0 Å². The second kappa shape index (κ2) is 5.20. The average Bonchev–Trinajstić information content (AvgIpc) is 2.60. The highest BCUT2D eigenvalue weighted by atomic mass is 16.1. The second-order valence-electron chi connectivity index (χ2n) is 7.23. The van der Waals surface area contributed by atoms with Crippen LogP contribution < -0.4 is 10.6 Å². The molecule has 1 aliphatic carbocycles. The third-order valence-corrected chi connectivity index (χ3v) is 5.34. The molecule has 0 radical (unpaired) electrons. The van der Waals surface area contributed by atoms with Gasteiger partial charge in [-0.1, -0.05) is 41.5 Å². The number of carbonyl (C=O) groups is 1. The molecule has 0 aromatic rings. The van der Waals surface area contributed by atoms with Gasteiger partial charge in [0.15, 0.2) is 0 Å². The minimum atomic E-state index is 0.104. The highest BCUT2D eigenvalue weighted by molar-refractivity contribution is 5.78. The highest BCUT2D eigenvalue weighted by Gasteiger charge is 2.63. The summed E-state index contributed by atoms with van der Waals surface area (Å²) in [4.78, 5) is 11.7. The lowest BCUT2D eigenvalue weighted by Gasteiger charge is -2.17. The van der Waals surface area contributed by atoms with Gasteiger partial charge in [0, 0.05) is 6.04 Å². The molecule has 2 N–H and O–H groups in total. The van der Waals surface area contributed by atoms with Crippen LogP contribution in [0, 0.1) is 22.7 Å². The summed E-state index contributed by atoms with van der Waals surface area (Å²) in [6.45, 7) is 16.9. The Hall–Kier alpha value is -0.570. The Morgan fingerprint density at radius 1 is 1.11 bits per heavy atom. The molecule has 0 aromatic heterocycles. The van der Waals surface area contributed by atoms with Crippen molar-refractivity contribution >= 4 is 5.91 Å². The van der Waals surface area contributed by atoms with E-state index in [1.54, 1.807) is 0 Å². The molecule has 1 saturated carbocycles. The molecule has 1 fully saturated rings. The maximum atomic E-state index is 11.7. The molecule has 0 saturated heterocycles. The first-order valence-corrected chi connectivity index (χ1v) is 7.10. The first kappa shape index (κ1) is 15.5. The van der Waals surface area contributed by atoms with E-state index in [0.717, 1.165) is 6.54 Å². The van der Waals surface area contributed by atoms with Crippen LogP contribution in [0.1, 0.15) is 48.5 Å². The van der Waals surface area contributed by atoms with Gasteiger partial charge in [0.05, 0.1) is 6.54 Å². The van der Waals surface area contributed by atoms with E-state index >= 15 is 0 Å². The van der Waals surface area contributed by atoms with E-state index in [1.165, 1.54) is 0 Å². The van der Waals surface area contributed by atoms with Crippen LogP contribution in [0.3, 0.4) is 0 Å². The summed E-state index contributed by atoms with van der Waals surface area (Å²) >= 11 is 0. The minimum absolute atomic E-state index is 0.104. The molecule has 106 valence electrons. The van der Waals surface area contributed by atoms with Crippen molar-refractivity contribution in [2.75, 3.05) is 13.1 Å². The predicted molar refractivity (Wildman–Crippen MR) is 76.4 cm³/mol. The molecule has 0 bridgehead atoms. The van der Waals surface area contributed by atoms with Crippen LogP contribution in [0.15, 0.2) is 0 Å². The largest absolute Gasteiger partial charge is 0.352 e. The maximum Gasteiger partial charge on any atom is 0.234 e. The molecule has 1 amide bonds. The lowest BCUT2D eigenvalue weighted by atomic mass is 10.0. The Morgan fingerprint density at radius 3 is 2.00 bits per heavy atom. The minimum Gasteiger partial charge on any atom is -0.352 e. The number of nitrogens with one attached hydrogen (secondary N) is 2. The monoisotopic (exact) mass is 254 g/mol. The molecule has 1 atom stereocenters. The van der Waals surface area contributed by atoms with Crippen molar-refractivity contribution in [3.8, 4) is 0 Å². The molecular weight excluding hydrogens is 224 g/mol. The normalized spacial score (nSPS) is 22.9. The van der Waals surface area contributed by atoms with Crippen LogP contribution in [0.2, 0.25) is 0 Å². The first-order chi connectivity index (χ1) is 8.10. The summed E-state index contributed by atoms with van der Waals surface area (Å²) in [5.41, 5.74) is 0.781. The standard InChI is InChI=1S/C15H30N2O/c1-10(2)11(3)17-13(18)9-16-8-12-14(4,5)15(12,6)7/h10-12,16H,8-9H2,1-7H3,(H,17,18). The lowest BCUT2D eigenvalue weighted by molar-refractivity contribution is -0.121. The number of carbonyl (C=O) groups excluding carboxylic acids is 1. The molecule has 0 aliphatic heterocycles. The van der Waals surface area contributed by atoms with Gasteiger partial charge in [-0.3, -0.25) is 4.79 Å². The SMILES string of the molecule is CC(C)C(C)NC(=O)CNCC1C(C)(C)C1(C)C. The molecule has 1 aliphatic rings. The van der Waals surface area contributed by atoms with Crippen molar-refractivity contribution in [2.24, 2.45) is 22.7 Å². The van der Waals surface area contributed by atoms with Gasteiger partial charge in [0.1, 0.15) is 0 Å². The third kappa shape index (κ3) is 3.05. The zero-order chi connectivity index (χ0) is 14.1. The van der Waals surface area contributed by atoms with Gasteiger partial charge in [0.2, 0.25) is 5.91 Å². The van der Waals surface area contributed by atoms with Crippen molar-refractivity contribution in [1.29, 1.82) is 0 Å². The van der Waals surface area contributed by atoms with Crippen molar-refractivity contribution in [3.63, 3.8) is 0 Å². The molecule has 1 rings (SSSR count). The van der Waals surface area contributed by atoms with Crippen LogP contribution in [0.25, 0.3) is 0 Å². The van der Waals surface area contributed by atoms with Gasteiger partial charge in [-0.2, -0.15) is 0 Å². The fourth-order valence-corrected chi connectivity index (χ4v) is 2.65. The fraction of sp³-hybridized carbons (Fsp3) is 0.933. The molecule has 0 aromatic carbocycles. The van der Waals surface area contributed by atoms with E-state index in [2.05, 4.69) is 59.1 Å². The average molecular weight is 254 g/mol. The van der Waals surface area contributed by atoms with Gasteiger partial charge < -0.3 is 10.6 Å². The molecule has 1 unspecified atom stereocenters. The molecule has 18 heavy (non-hydrogen) atoms. The molecular formula is C15H30N2O. The van der Waals surface area contributed by atoms with Crippen LogP contribution in [-0.4, -0.2) is 25.0 Å². The van der Waals surface area contributed by atoms with Crippen molar-refractivity contribution in [1.82, 2.24) is 10.6 Å². The Balaban J connectivity index is 2.22. The van der Waals surface area contributed by atoms with E-state index < -0.39 is 0 Å². The summed E-state index contributed by atoms with van der Waals surface area (Å²) in [6, 6.07) is 0.244. The summed E-state index contributed by atoms with van der Waals surface area (Å²) in [5, 5.41) is 6.30. The van der Waals surface area contributed by atoms with Gasteiger partial charge in [-0.15, -0.1) is 0 Å². The summed E-state index contributed by atoms with van der Waals surface area (Å²) in [7, 11) is 0. The second-order valence-corrected chi connectivity index (χ2v) is 7.23. The Labute approximate surface area is 112 Å². The van der Waals surface area contributed by atoms with E-state index in [4.69, 9.17) is 0 Å². The fourth-order valence-electron chi connectivity index (χ4n) is 2.65. The van der Waals surface area contributed by atoms with Gasteiger partial charge in [0.25, 0.3) is 0 Å². The van der Waals surface area contributed by atoms with E-state index in [1.807, 2.05) is 0 Å². The summed E-state index contributed by atoms with van der Waals surface area (Å²) < 4.78 is 0.